The monoisotopic (exact) mass is 624 g/mol. The number of hydrogen-bond acceptors (Lipinski definition) is 5. The quantitative estimate of drug-likeness (QED) is 0.197. The van der Waals surface area contributed by atoms with Crippen molar-refractivity contribution in [1.29, 1.82) is 0 Å². The molecule has 0 amide bonds. The number of fused-ring (bicyclic) bond motifs is 4. The molecular formula is C22H12IrN2PS3-. The summed E-state index contributed by atoms with van der Waals surface area (Å²) < 4.78 is 0. The SMILES string of the molecule is S=P12c3ccccc3Sc3[c-]c(-c4cnccn4)cc(c31)Sc1ccccc12.[Ir]. The molecule has 3 aromatic carbocycles. The Hall–Kier alpha value is -1.26. The minimum absolute atomic E-state index is 0. The van der Waals surface area contributed by atoms with Gasteiger partial charge in [-0.05, 0) is 22.7 Å². The Morgan fingerprint density at radius 1 is 0.862 bits per heavy atom. The summed E-state index contributed by atoms with van der Waals surface area (Å²) in [7, 11) is 0. The average molecular weight is 624 g/mol. The maximum atomic E-state index is 6.55. The summed E-state index contributed by atoms with van der Waals surface area (Å²) in [4.78, 5) is 13.6. The number of hydrogen-bond donors (Lipinski definition) is 0. The Morgan fingerprint density at radius 3 is 2.24 bits per heavy atom. The largest absolute Gasteiger partial charge is 0.302 e. The smallest absolute Gasteiger partial charge is 0.0432 e. The second kappa shape index (κ2) is 7.46. The normalized spacial score (nSPS) is 18.1. The Bertz CT molecular complexity index is 1240. The van der Waals surface area contributed by atoms with Crippen LogP contribution in [0.5, 0.6) is 0 Å². The summed E-state index contributed by atoms with van der Waals surface area (Å²) in [5.41, 5.74) is 1.82. The van der Waals surface area contributed by atoms with Gasteiger partial charge in [0.1, 0.15) is 0 Å². The van der Waals surface area contributed by atoms with E-state index >= 15 is 0 Å². The fourth-order valence-electron chi connectivity index (χ4n) is 3.76. The van der Waals surface area contributed by atoms with Crippen LogP contribution < -0.4 is 15.9 Å². The van der Waals surface area contributed by atoms with Gasteiger partial charge in [-0.3, -0.25) is 4.98 Å². The molecule has 0 spiro atoms. The second-order valence-electron chi connectivity index (χ2n) is 6.56. The molecule has 2 aliphatic heterocycles. The standard InChI is InChI=1S/C22H12N2PS3.Ir/c26-25-16-5-1-3-7-18(16)27-20-11-14(15-13-23-9-10-24-15)12-21(22(20)25)28-19-8-4-2-6-17(19)25;/h1-11,13H;/q-1;. The van der Waals surface area contributed by atoms with Gasteiger partial charge in [0.25, 0.3) is 0 Å². The van der Waals surface area contributed by atoms with Crippen molar-refractivity contribution in [2.45, 2.75) is 19.6 Å². The van der Waals surface area contributed by atoms with Crippen LogP contribution in [0.3, 0.4) is 0 Å². The third-order valence-electron chi connectivity index (χ3n) is 4.97. The van der Waals surface area contributed by atoms with Crippen molar-refractivity contribution in [3.8, 4) is 11.3 Å². The summed E-state index contributed by atoms with van der Waals surface area (Å²) >= 11 is 10.1. The first-order valence-corrected chi connectivity index (χ1v) is 13.2. The molecule has 1 radical (unpaired) electrons. The Labute approximate surface area is 196 Å². The van der Waals surface area contributed by atoms with Gasteiger partial charge in [0, 0.05) is 60.2 Å². The van der Waals surface area contributed by atoms with Crippen LogP contribution in [-0.4, -0.2) is 9.97 Å². The molecule has 1 unspecified atom stereocenters. The molecule has 0 aliphatic carbocycles. The van der Waals surface area contributed by atoms with Gasteiger partial charge in [-0.25, -0.2) is 0 Å². The molecule has 2 aliphatic rings. The van der Waals surface area contributed by atoms with Gasteiger partial charge in [-0.2, -0.15) is 0 Å². The van der Waals surface area contributed by atoms with E-state index in [4.69, 9.17) is 11.8 Å². The van der Waals surface area contributed by atoms with Gasteiger partial charge >= 0.3 is 0 Å². The summed E-state index contributed by atoms with van der Waals surface area (Å²) in [6.07, 6.45) is 5.22. The van der Waals surface area contributed by atoms with E-state index in [9.17, 15) is 0 Å². The zero-order valence-corrected chi connectivity index (χ0v) is 20.6. The van der Waals surface area contributed by atoms with Gasteiger partial charge in [0.15, 0.2) is 0 Å². The van der Waals surface area contributed by atoms with Crippen molar-refractivity contribution in [1.82, 2.24) is 9.97 Å². The molecule has 3 heterocycles. The van der Waals surface area contributed by atoms with Crippen molar-refractivity contribution >= 4 is 57.3 Å². The molecule has 143 valence electrons. The fraction of sp³-hybridized carbons (Fsp3) is 0. The van der Waals surface area contributed by atoms with Crippen LogP contribution in [0.1, 0.15) is 0 Å². The van der Waals surface area contributed by atoms with Gasteiger partial charge in [-0.1, -0.05) is 63.3 Å². The maximum Gasteiger partial charge on any atom is 0.0432 e. The van der Waals surface area contributed by atoms with Crippen LogP contribution in [0.2, 0.25) is 0 Å². The molecule has 4 aromatic rings. The molecule has 0 fully saturated rings. The van der Waals surface area contributed by atoms with Crippen LogP contribution in [0.4, 0.5) is 0 Å². The molecule has 7 heteroatoms. The Morgan fingerprint density at radius 2 is 1.55 bits per heavy atom. The zero-order valence-electron chi connectivity index (χ0n) is 14.8. The Balaban J connectivity index is 0.00000181. The third kappa shape index (κ3) is 2.93. The van der Waals surface area contributed by atoms with Crippen molar-refractivity contribution in [2.75, 3.05) is 0 Å². The maximum absolute atomic E-state index is 6.55. The van der Waals surface area contributed by atoms with Gasteiger partial charge < -0.3 is 4.98 Å². The molecule has 0 bridgehead atoms. The molecule has 2 nitrogen and oxygen atoms in total. The molecule has 0 saturated heterocycles. The first-order chi connectivity index (χ1) is 13.7. The summed E-state index contributed by atoms with van der Waals surface area (Å²) in [6.45, 7) is 0. The molecule has 29 heavy (non-hydrogen) atoms. The number of rotatable bonds is 1. The molecule has 0 saturated carbocycles. The van der Waals surface area contributed by atoms with Crippen molar-refractivity contribution in [3.05, 3.63) is 79.3 Å². The van der Waals surface area contributed by atoms with Crippen molar-refractivity contribution < 1.29 is 20.1 Å². The summed E-state index contributed by atoms with van der Waals surface area (Å²) in [5.74, 6) is 0. The summed E-state index contributed by atoms with van der Waals surface area (Å²) in [5, 5.41) is 3.90. The first-order valence-electron chi connectivity index (χ1n) is 8.77. The topological polar surface area (TPSA) is 25.8 Å². The fourth-order valence-corrected chi connectivity index (χ4v) is 12.9. The predicted molar refractivity (Wildman–Crippen MR) is 121 cm³/mol. The van der Waals surface area contributed by atoms with Gasteiger partial charge in [0.05, 0.1) is 0 Å². The summed E-state index contributed by atoms with van der Waals surface area (Å²) in [6, 6.07) is 21.0. The van der Waals surface area contributed by atoms with E-state index in [-0.39, 0.29) is 20.1 Å². The second-order valence-corrected chi connectivity index (χ2v) is 13.0. The molecule has 1 aromatic heterocycles. The Kier molecular flexibility index (Phi) is 5.06. The molecule has 6 rings (SSSR count). The van der Waals surface area contributed by atoms with E-state index in [2.05, 4.69) is 70.6 Å². The minimum Gasteiger partial charge on any atom is -0.302 e. The van der Waals surface area contributed by atoms with E-state index in [0.717, 1.165) is 16.2 Å². The minimum atomic E-state index is -2.10. The van der Waals surface area contributed by atoms with Crippen LogP contribution in [0.25, 0.3) is 11.3 Å². The first kappa shape index (κ1) is 19.7. The number of aromatic nitrogens is 2. The van der Waals surface area contributed by atoms with E-state index < -0.39 is 6.04 Å². The van der Waals surface area contributed by atoms with Crippen molar-refractivity contribution in [2.24, 2.45) is 0 Å². The van der Waals surface area contributed by atoms with Crippen LogP contribution in [-0.2, 0) is 31.9 Å². The number of nitrogens with zero attached hydrogens (tertiary/aromatic N) is 2. The van der Waals surface area contributed by atoms with E-state index in [1.807, 2.05) is 11.8 Å². The van der Waals surface area contributed by atoms with Gasteiger partial charge in [-0.15, -0.1) is 41.2 Å². The van der Waals surface area contributed by atoms with E-state index in [0.29, 0.717) is 0 Å². The molecular weight excluding hydrogens is 612 g/mol. The van der Waals surface area contributed by atoms with E-state index in [1.54, 1.807) is 30.4 Å². The predicted octanol–water partition coefficient (Wildman–Crippen LogP) is 4.63. The van der Waals surface area contributed by atoms with Crippen molar-refractivity contribution in [3.63, 3.8) is 0 Å². The average Bonchev–Trinajstić information content (AvgIpc) is 2.74. The number of benzene rings is 3. The zero-order chi connectivity index (χ0) is 18.7. The van der Waals surface area contributed by atoms with Crippen LogP contribution in [0, 0.1) is 6.07 Å². The third-order valence-corrected chi connectivity index (χ3v) is 12.7. The van der Waals surface area contributed by atoms with Crippen LogP contribution >= 0.6 is 29.6 Å². The molecule has 1 atom stereocenters. The van der Waals surface area contributed by atoms with Crippen LogP contribution in [0.15, 0.2) is 92.8 Å². The van der Waals surface area contributed by atoms with E-state index in [1.165, 1.54) is 30.6 Å². The molecule has 0 N–H and O–H groups in total. The van der Waals surface area contributed by atoms with Gasteiger partial charge in [0.2, 0.25) is 0 Å².